The monoisotopic (exact) mass is 251 g/mol. The normalized spacial score (nSPS) is 12.1. The van der Waals surface area contributed by atoms with E-state index < -0.39 is 0 Å². The average Bonchev–Trinajstić information content (AvgIpc) is 2.18. The summed E-state index contributed by atoms with van der Waals surface area (Å²) in [4.78, 5) is 0. The van der Waals surface area contributed by atoms with Crippen LogP contribution in [-0.4, -0.2) is 6.54 Å². The molecule has 74 valence electrons. The van der Waals surface area contributed by atoms with Crippen LogP contribution in [0.4, 0.5) is 0 Å². The SMILES string of the molecule is C#CCCN[C@@H](C)c1cccc(Br)c1. The minimum atomic E-state index is 0.348. The molecular formula is C12H14BrN. The molecule has 0 aromatic heterocycles. The maximum atomic E-state index is 5.18. The molecule has 0 heterocycles. The minimum Gasteiger partial charge on any atom is -0.309 e. The van der Waals surface area contributed by atoms with E-state index >= 15 is 0 Å². The lowest BCUT2D eigenvalue weighted by Crippen LogP contribution is -2.19. The summed E-state index contributed by atoms with van der Waals surface area (Å²) in [7, 11) is 0. The van der Waals surface area contributed by atoms with E-state index in [4.69, 9.17) is 6.42 Å². The summed E-state index contributed by atoms with van der Waals surface area (Å²) in [6.07, 6.45) is 5.96. The van der Waals surface area contributed by atoms with Crippen LogP contribution in [-0.2, 0) is 0 Å². The molecule has 1 N–H and O–H groups in total. The van der Waals surface area contributed by atoms with Crippen LogP contribution in [0.3, 0.4) is 0 Å². The van der Waals surface area contributed by atoms with Crippen molar-refractivity contribution < 1.29 is 0 Å². The van der Waals surface area contributed by atoms with Crippen molar-refractivity contribution in [2.45, 2.75) is 19.4 Å². The van der Waals surface area contributed by atoms with Crippen LogP contribution in [0.5, 0.6) is 0 Å². The van der Waals surface area contributed by atoms with Crippen molar-refractivity contribution >= 4 is 15.9 Å². The van der Waals surface area contributed by atoms with Crippen LogP contribution < -0.4 is 5.32 Å². The maximum absolute atomic E-state index is 5.18. The van der Waals surface area contributed by atoms with Crippen molar-refractivity contribution in [1.82, 2.24) is 5.32 Å². The summed E-state index contributed by atoms with van der Waals surface area (Å²) in [6.45, 7) is 3.00. The summed E-state index contributed by atoms with van der Waals surface area (Å²) in [5.41, 5.74) is 1.27. The third-order valence-electron chi connectivity index (χ3n) is 2.07. The molecule has 0 saturated heterocycles. The Morgan fingerprint density at radius 2 is 2.36 bits per heavy atom. The molecule has 1 rings (SSSR count). The lowest BCUT2D eigenvalue weighted by atomic mass is 10.1. The lowest BCUT2D eigenvalue weighted by molar-refractivity contribution is 0.584. The number of hydrogen-bond donors (Lipinski definition) is 1. The first-order valence-electron chi connectivity index (χ1n) is 4.66. The fraction of sp³-hybridized carbons (Fsp3) is 0.333. The number of rotatable bonds is 4. The van der Waals surface area contributed by atoms with Gasteiger partial charge in [0.05, 0.1) is 0 Å². The second-order valence-corrected chi connectivity index (χ2v) is 4.10. The molecular weight excluding hydrogens is 238 g/mol. The van der Waals surface area contributed by atoms with Crippen LogP contribution in [0.15, 0.2) is 28.7 Å². The molecule has 0 spiro atoms. The Morgan fingerprint density at radius 3 is 3.00 bits per heavy atom. The third kappa shape index (κ3) is 3.53. The van der Waals surface area contributed by atoms with Crippen LogP contribution in [0.25, 0.3) is 0 Å². The van der Waals surface area contributed by atoms with Crippen molar-refractivity contribution in [3.8, 4) is 12.3 Å². The number of hydrogen-bond acceptors (Lipinski definition) is 1. The molecule has 0 bridgehead atoms. The molecule has 1 atom stereocenters. The molecule has 14 heavy (non-hydrogen) atoms. The van der Waals surface area contributed by atoms with Crippen LogP contribution in [0, 0.1) is 12.3 Å². The Labute approximate surface area is 94.0 Å². The van der Waals surface area contributed by atoms with Gasteiger partial charge in [-0.1, -0.05) is 28.1 Å². The van der Waals surface area contributed by atoms with Gasteiger partial charge in [-0.05, 0) is 24.6 Å². The molecule has 0 aliphatic heterocycles. The molecule has 0 saturated carbocycles. The highest BCUT2D eigenvalue weighted by atomic mass is 79.9. The topological polar surface area (TPSA) is 12.0 Å². The Balaban J connectivity index is 2.52. The van der Waals surface area contributed by atoms with Gasteiger partial charge < -0.3 is 5.32 Å². The molecule has 1 aromatic rings. The van der Waals surface area contributed by atoms with Crippen molar-refractivity contribution in [2.24, 2.45) is 0 Å². The van der Waals surface area contributed by atoms with Crippen molar-refractivity contribution in [1.29, 1.82) is 0 Å². The highest BCUT2D eigenvalue weighted by Gasteiger charge is 2.03. The van der Waals surface area contributed by atoms with Gasteiger partial charge in [0.25, 0.3) is 0 Å². The summed E-state index contributed by atoms with van der Waals surface area (Å²) in [5.74, 6) is 2.61. The van der Waals surface area contributed by atoms with Gasteiger partial charge in [0, 0.05) is 23.5 Å². The second kappa shape index (κ2) is 5.85. The molecule has 0 amide bonds. The van der Waals surface area contributed by atoms with E-state index in [0.29, 0.717) is 6.04 Å². The zero-order valence-corrected chi connectivity index (χ0v) is 9.84. The Morgan fingerprint density at radius 1 is 1.57 bits per heavy atom. The summed E-state index contributed by atoms with van der Waals surface area (Å²) in [5, 5.41) is 3.36. The average molecular weight is 252 g/mol. The van der Waals surface area contributed by atoms with Gasteiger partial charge in [-0.2, -0.15) is 0 Å². The molecule has 0 fully saturated rings. The van der Waals surface area contributed by atoms with Crippen molar-refractivity contribution in [3.63, 3.8) is 0 Å². The largest absolute Gasteiger partial charge is 0.309 e. The van der Waals surface area contributed by atoms with E-state index in [1.165, 1.54) is 5.56 Å². The number of halogens is 1. The van der Waals surface area contributed by atoms with Crippen molar-refractivity contribution in [2.75, 3.05) is 6.54 Å². The number of benzene rings is 1. The smallest absolute Gasteiger partial charge is 0.0292 e. The molecule has 0 aliphatic rings. The van der Waals surface area contributed by atoms with Gasteiger partial charge in [0.2, 0.25) is 0 Å². The molecule has 1 aromatic carbocycles. The quantitative estimate of drug-likeness (QED) is 0.641. The highest BCUT2D eigenvalue weighted by Crippen LogP contribution is 2.17. The van der Waals surface area contributed by atoms with Gasteiger partial charge in [0.15, 0.2) is 0 Å². The maximum Gasteiger partial charge on any atom is 0.0292 e. The molecule has 2 heteroatoms. The van der Waals surface area contributed by atoms with E-state index in [9.17, 15) is 0 Å². The van der Waals surface area contributed by atoms with Gasteiger partial charge in [-0.15, -0.1) is 12.3 Å². The third-order valence-corrected chi connectivity index (χ3v) is 2.56. The predicted molar refractivity (Wildman–Crippen MR) is 64.0 cm³/mol. The summed E-state index contributed by atoms with van der Waals surface area (Å²) in [6, 6.07) is 8.64. The zero-order valence-electron chi connectivity index (χ0n) is 8.26. The molecule has 1 nitrogen and oxygen atoms in total. The minimum absolute atomic E-state index is 0.348. The molecule has 0 aliphatic carbocycles. The fourth-order valence-corrected chi connectivity index (χ4v) is 1.67. The summed E-state index contributed by atoms with van der Waals surface area (Å²) < 4.78 is 1.11. The van der Waals surface area contributed by atoms with Crippen LogP contribution >= 0.6 is 15.9 Å². The number of nitrogens with one attached hydrogen (secondary N) is 1. The van der Waals surface area contributed by atoms with Gasteiger partial charge in [0.1, 0.15) is 0 Å². The fourth-order valence-electron chi connectivity index (χ4n) is 1.25. The summed E-state index contributed by atoms with van der Waals surface area (Å²) >= 11 is 3.45. The van der Waals surface area contributed by atoms with E-state index in [1.54, 1.807) is 0 Å². The molecule has 0 radical (unpaired) electrons. The predicted octanol–water partition coefficient (Wildman–Crippen LogP) is 3.12. The second-order valence-electron chi connectivity index (χ2n) is 3.18. The van der Waals surface area contributed by atoms with Crippen LogP contribution in [0.2, 0.25) is 0 Å². The highest BCUT2D eigenvalue weighted by molar-refractivity contribution is 9.10. The van der Waals surface area contributed by atoms with E-state index in [-0.39, 0.29) is 0 Å². The van der Waals surface area contributed by atoms with Gasteiger partial charge in [-0.25, -0.2) is 0 Å². The van der Waals surface area contributed by atoms with E-state index in [1.807, 2.05) is 12.1 Å². The Hall–Kier alpha value is -0.780. The Kier molecular flexibility index (Phi) is 4.72. The Bertz CT molecular complexity index is 327. The standard InChI is InChI=1S/C12H14BrN/c1-3-4-8-14-10(2)11-6-5-7-12(13)9-11/h1,5-7,9-10,14H,4,8H2,2H3/t10-/m0/s1. The number of terminal acetylenes is 1. The van der Waals surface area contributed by atoms with E-state index in [2.05, 4.69) is 46.2 Å². The zero-order chi connectivity index (χ0) is 10.4. The van der Waals surface area contributed by atoms with Crippen LogP contribution in [0.1, 0.15) is 24.9 Å². The van der Waals surface area contributed by atoms with E-state index in [0.717, 1.165) is 17.4 Å². The molecule has 0 unspecified atom stereocenters. The van der Waals surface area contributed by atoms with Gasteiger partial charge in [-0.3, -0.25) is 0 Å². The first-order chi connectivity index (χ1) is 6.74. The van der Waals surface area contributed by atoms with Gasteiger partial charge >= 0.3 is 0 Å². The lowest BCUT2D eigenvalue weighted by Gasteiger charge is -2.13. The van der Waals surface area contributed by atoms with Crippen molar-refractivity contribution in [3.05, 3.63) is 34.3 Å². The first kappa shape index (κ1) is 11.3. The first-order valence-corrected chi connectivity index (χ1v) is 5.45.